The van der Waals surface area contributed by atoms with Gasteiger partial charge in [-0.05, 0) is 16.1 Å². The lowest BCUT2D eigenvalue weighted by Gasteiger charge is -2.11. The van der Waals surface area contributed by atoms with Crippen LogP contribution in [0.15, 0.2) is 24.3 Å². The van der Waals surface area contributed by atoms with Crippen LogP contribution in [0, 0.1) is 9.85 Å². The molecule has 96 valence electrons. The highest BCUT2D eigenvalue weighted by Gasteiger charge is 2.36. The molecule has 0 unspecified atom stereocenters. The van der Waals surface area contributed by atoms with Gasteiger partial charge < -0.3 is 4.74 Å². The minimum atomic E-state index is -0.659. The van der Waals surface area contributed by atoms with Gasteiger partial charge in [-0.2, -0.15) is 0 Å². The Kier molecular flexibility index (Phi) is 4.16. The van der Waals surface area contributed by atoms with E-state index in [2.05, 4.69) is 9.85 Å². The van der Waals surface area contributed by atoms with Crippen LogP contribution in [0.1, 0.15) is 20.7 Å². The first kappa shape index (κ1) is 13.5. The molecular formula is C13H8INO4. The van der Waals surface area contributed by atoms with E-state index in [4.69, 9.17) is 4.74 Å². The molecule has 0 saturated heterocycles. The monoisotopic (exact) mass is 369 g/mol. The summed E-state index contributed by atoms with van der Waals surface area (Å²) in [6.07, 6.45) is 0. The van der Waals surface area contributed by atoms with Gasteiger partial charge in [0.25, 0.3) is 11.8 Å². The van der Waals surface area contributed by atoms with Crippen LogP contribution in [0.4, 0.5) is 0 Å². The highest BCUT2D eigenvalue weighted by atomic mass is 127. The summed E-state index contributed by atoms with van der Waals surface area (Å²) in [6.45, 7) is -0.444. The summed E-state index contributed by atoms with van der Waals surface area (Å²) in [7, 11) is 0. The second-order valence-corrected chi connectivity index (χ2v) is 4.21. The SMILES string of the molecule is O=C(CN1C(=O)c2ccccc2C1=O)OCC#CI. The third-order valence-electron chi connectivity index (χ3n) is 2.54. The van der Waals surface area contributed by atoms with Crippen LogP contribution in [0.25, 0.3) is 0 Å². The fourth-order valence-electron chi connectivity index (χ4n) is 1.70. The average molecular weight is 369 g/mol. The molecule has 19 heavy (non-hydrogen) atoms. The number of rotatable bonds is 3. The van der Waals surface area contributed by atoms with Gasteiger partial charge in [0, 0.05) is 22.6 Å². The van der Waals surface area contributed by atoms with Gasteiger partial charge in [-0.25, -0.2) is 0 Å². The number of amides is 2. The molecule has 5 nitrogen and oxygen atoms in total. The minimum Gasteiger partial charge on any atom is -0.451 e. The van der Waals surface area contributed by atoms with E-state index in [0.29, 0.717) is 11.1 Å². The molecule has 2 amide bonds. The van der Waals surface area contributed by atoms with Crippen LogP contribution in [0.5, 0.6) is 0 Å². The zero-order chi connectivity index (χ0) is 13.8. The summed E-state index contributed by atoms with van der Waals surface area (Å²) < 4.78 is 7.32. The molecule has 0 atom stereocenters. The Bertz CT molecular complexity index is 580. The highest BCUT2D eigenvalue weighted by Crippen LogP contribution is 2.21. The lowest BCUT2D eigenvalue weighted by Crippen LogP contribution is -2.35. The van der Waals surface area contributed by atoms with Crippen molar-refractivity contribution < 1.29 is 19.1 Å². The second kappa shape index (κ2) is 5.84. The first-order chi connectivity index (χ1) is 9.15. The molecular weight excluding hydrogens is 361 g/mol. The third-order valence-corrected chi connectivity index (χ3v) is 2.92. The van der Waals surface area contributed by atoms with E-state index in [1.807, 2.05) is 22.6 Å². The van der Waals surface area contributed by atoms with Gasteiger partial charge in [0.2, 0.25) is 0 Å². The lowest BCUT2D eigenvalue weighted by molar-refractivity contribution is -0.142. The molecule has 1 aromatic rings. The molecule has 2 rings (SSSR count). The Labute approximate surface area is 123 Å². The number of esters is 1. The number of nitrogens with zero attached hydrogens (tertiary/aromatic N) is 1. The van der Waals surface area contributed by atoms with E-state index < -0.39 is 24.3 Å². The number of halogens is 1. The molecule has 0 fully saturated rings. The average Bonchev–Trinajstić information content (AvgIpc) is 2.65. The standard InChI is InChI=1S/C13H8INO4/c14-6-3-7-19-11(16)8-15-12(17)9-4-1-2-5-10(9)13(15)18/h1-2,4-5H,7-8H2. The van der Waals surface area contributed by atoms with Crippen LogP contribution in [0.2, 0.25) is 0 Å². The van der Waals surface area contributed by atoms with Crippen LogP contribution >= 0.6 is 22.6 Å². The number of fused-ring (bicyclic) bond motifs is 1. The van der Waals surface area contributed by atoms with Crippen molar-refractivity contribution in [2.45, 2.75) is 0 Å². The minimum absolute atomic E-state index is 0.0507. The topological polar surface area (TPSA) is 63.7 Å². The molecule has 1 heterocycles. The van der Waals surface area contributed by atoms with Gasteiger partial charge in [-0.1, -0.05) is 18.1 Å². The fourth-order valence-corrected chi connectivity index (χ4v) is 1.86. The molecule has 0 saturated carbocycles. The van der Waals surface area contributed by atoms with Crippen molar-refractivity contribution in [3.05, 3.63) is 35.4 Å². The first-order valence-electron chi connectivity index (χ1n) is 5.34. The fraction of sp³-hybridized carbons (Fsp3) is 0.154. The van der Waals surface area contributed by atoms with Gasteiger partial charge >= 0.3 is 5.97 Å². The first-order valence-corrected chi connectivity index (χ1v) is 6.42. The van der Waals surface area contributed by atoms with Crippen LogP contribution in [-0.4, -0.2) is 35.8 Å². The summed E-state index contributed by atoms with van der Waals surface area (Å²) in [5.41, 5.74) is 0.625. The van der Waals surface area contributed by atoms with Crippen molar-refractivity contribution >= 4 is 40.4 Å². The molecule has 1 aromatic carbocycles. The quantitative estimate of drug-likeness (QED) is 0.348. The molecule has 1 aliphatic heterocycles. The zero-order valence-electron chi connectivity index (χ0n) is 9.68. The number of carbonyl (C=O) groups excluding carboxylic acids is 3. The zero-order valence-corrected chi connectivity index (χ0v) is 11.8. The molecule has 0 bridgehead atoms. The molecule has 0 aromatic heterocycles. The van der Waals surface area contributed by atoms with Gasteiger partial charge in [0.15, 0.2) is 6.61 Å². The number of hydrogen-bond acceptors (Lipinski definition) is 4. The lowest BCUT2D eigenvalue weighted by atomic mass is 10.1. The summed E-state index contributed by atoms with van der Waals surface area (Å²) in [6, 6.07) is 6.45. The van der Waals surface area contributed by atoms with Gasteiger partial charge in [-0.3, -0.25) is 19.3 Å². The van der Waals surface area contributed by atoms with Crippen molar-refractivity contribution in [1.82, 2.24) is 4.90 Å². The van der Waals surface area contributed by atoms with E-state index in [1.165, 1.54) is 0 Å². The second-order valence-electron chi connectivity index (χ2n) is 3.67. The van der Waals surface area contributed by atoms with E-state index in [-0.39, 0.29) is 6.61 Å². The van der Waals surface area contributed by atoms with Crippen molar-refractivity contribution in [2.24, 2.45) is 0 Å². The van der Waals surface area contributed by atoms with E-state index in [9.17, 15) is 14.4 Å². The number of ether oxygens (including phenoxy) is 1. The maximum atomic E-state index is 11.9. The molecule has 0 N–H and O–H groups in total. The molecule has 6 heteroatoms. The van der Waals surface area contributed by atoms with Gasteiger partial charge in [-0.15, -0.1) is 0 Å². The summed E-state index contributed by atoms with van der Waals surface area (Å²) in [4.78, 5) is 36.2. The largest absolute Gasteiger partial charge is 0.451 e. The molecule has 0 spiro atoms. The van der Waals surface area contributed by atoms with Crippen LogP contribution < -0.4 is 0 Å². The van der Waals surface area contributed by atoms with Crippen LogP contribution in [-0.2, 0) is 9.53 Å². The van der Waals surface area contributed by atoms with Crippen molar-refractivity contribution in [3.8, 4) is 9.85 Å². The maximum absolute atomic E-state index is 11.9. The Morgan fingerprint density at radius 1 is 1.21 bits per heavy atom. The predicted octanol–water partition coefficient (Wildman–Crippen LogP) is 1.22. The van der Waals surface area contributed by atoms with E-state index in [1.54, 1.807) is 24.3 Å². The number of carbonyl (C=O) groups is 3. The molecule has 0 aliphatic carbocycles. The molecule has 0 radical (unpaired) electrons. The van der Waals surface area contributed by atoms with E-state index >= 15 is 0 Å². The molecule has 1 aliphatic rings. The maximum Gasteiger partial charge on any atom is 0.327 e. The highest BCUT2D eigenvalue weighted by molar-refractivity contribution is 14.1. The Hall–Kier alpha value is -1.88. The van der Waals surface area contributed by atoms with Gasteiger partial charge in [0.1, 0.15) is 6.54 Å². The summed E-state index contributed by atoms with van der Waals surface area (Å²) in [5.74, 6) is 0.941. The normalized spacial score (nSPS) is 12.8. The predicted molar refractivity (Wildman–Crippen MR) is 74.6 cm³/mol. The number of imide groups is 1. The van der Waals surface area contributed by atoms with E-state index in [0.717, 1.165) is 4.90 Å². The number of benzene rings is 1. The third kappa shape index (κ3) is 2.76. The van der Waals surface area contributed by atoms with Gasteiger partial charge in [0.05, 0.1) is 11.1 Å². The van der Waals surface area contributed by atoms with Crippen molar-refractivity contribution in [1.29, 1.82) is 0 Å². The smallest absolute Gasteiger partial charge is 0.327 e. The number of hydrogen-bond donors (Lipinski definition) is 0. The summed E-state index contributed by atoms with van der Waals surface area (Å²) >= 11 is 1.82. The van der Waals surface area contributed by atoms with Crippen LogP contribution in [0.3, 0.4) is 0 Å². The Morgan fingerprint density at radius 3 is 2.32 bits per heavy atom. The van der Waals surface area contributed by atoms with Crippen molar-refractivity contribution in [2.75, 3.05) is 13.2 Å². The Balaban J connectivity index is 2.07. The van der Waals surface area contributed by atoms with Crippen molar-refractivity contribution in [3.63, 3.8) is 0 Å². The summed E-state index contributed by atoms with van der Waals surface area (Å²) in [5, 5.41) is 0. The Morgan fingerprint density at radius 2 is 1.79 bits per heavy atom.